The number of ether oxygens (including phenoxy) is 1. The van der Waals surface area contributed by atoms with Crippen LogP contribution < -0.4 is 10.6 Å². The smallest absolute Gasteiger partial charge is 0.166 e. The van der Waals surface area contributed by atoms with Crippen LogP contribution in [0.15, 0.2) is 72.2 Å². The topological polar surface area (TPSA) is 128 Å². The largest absolute Gasteiger partial charge is 0.516 e. The van der Waals surface area contributed by atoms with E-state index in [0.29, 0.717) is 49.2 Å². The van der Waals surface area contributed by atoms with E-state index in [2.05, 4.69) is 26.4 Å². The number of rotatable bonds is 7. The minimum atomic E-state index is -0.200. The lowest BCUT2D eigenvalue weighted by molar-refractivity contribution is 0.105. The number of aliphatic imine (C=N–C) groups is 1. The van der Waals surface area contributed by atoms with Crippen LogP contribution in [0.3, 0.4) is 0 Å². The van der Waals surface area contributed by atoms with Crippen molar-refractivity contribution in [2.24, 2.45) is 10.7 Å². The molecule has 3 aromatic heterocycles. The molecule has 194 valence electrons. The van der Waals surface area contributed by atoms with E-state index < -0.39 is 0 Å². The van der Waals surface area contributed by atoms with Gasteiger partial charge in [-0.25, -0.2) is 15.0 Å². The van der Waals surface area contributed by atoms with E-state index in [9.17, 15) is 5.11 Å². The zero-order valence-corrected chi connectivity index (χ0v) is 21.4. The Balaban J connectivity index is 1.74. The third-order valence-corrected chi connectivity index (χ3v) is 6.43. The van der Waals surface area contributed by atoms with Gasteiger partial charge in [-0.1, -0.05) is 18.2 Å². The quantitative estimate of drug-likeness (QED) is 0.283. The molecule has 0 spiro atoms. The first kappa shape index (κ1) is 25.1. The molecule has 1 unspecified atom stereocenters. The van der Waals surface area contributed by atoms with Gasteiger partial charge in [0.25, 0.3) is 0 Å². The maximum Gasteiger partial charge on any atom is 0.166 e. The number of nitrogens with zero attached hydrogens (tertiary/aromatic N) is 7. The van der Waals surface area contributed by atoms with Crippen LogP contribution in [0.2, 0.25) is 0 Å². The monoisotopic (exact) mass is 510 g/mol. The molecule has 38 heavy (non-hydrogen) atoms. The normalized spacial score (nSPS) is 16.7. The van der Waals surface area contributed by atoms with Gasteiger partial charge in [0.15, 0.2) is 22.8 Å². The highest BCUT2D eigenvalue weighted by atomic mass is 16.5. The maximum atomic E-state index is 9.56. The number of hydrogen-bond donors (Lipinski definition) is 2. The molecule has 1 aliphatic heterocycles. The van der Waals surface area contributed by atoms with Crippen molar-refractivity contribution in [3.05, 3.63) is 72.8 Å². The highest BCUT2D eigenvalue weighted by molar-refractivity contribution is 5.89. The predicted molar refractivity (Wildman–Crippen MR) is 150 cm³/mol. The van der Waals surface area contributed by atoms with Crippen LogP contribution in [-0.2, 0) is 11.3 Å². The van der Waals surface area contributed by atoms with Crippen molar-refractivity contribution >= 4 is 28.9 Å². The number of nitrogens with two attached hydrogens (primary N) is 1. The number of aromatic nitrogens is 5. The molecule has 1 atom stereocenters. The Bertz CT molecular complexity index is 1510. The van der Waals surface area contributed by atoms with Crippen LogP contribution in [0, 0.1) is 0 Å². The van der Waals surface area contributed by atoms with Gasteiger partial charge in [-0.3, -0.25) is 9.98 Å². The zero-order chi connectivity index (χ0) is 26.5. The summed E-state index contributed by atoms with van der Waals surface area (Å²) in [5, 5.41) is 9.56. The zero-order valence-electron chi connectivity index (χ0n) is 21.4. The van der Waals surface area contributed by atoms with Gasteiger partial charge in [-0.2, -0.15) is 0 Å². The van der Waals surface area contributed by atoms with E-state index in [0.717, 1.165) is 34.4 Å². The molecule has 3 N–H and O–H groups in total. The molecule has 4 aromatic rings. The second kappa shape index (κ2) is 11.2. The molecule has 1 aromatic carbocycles. The Morgan fingerprint density at radius 3 is 2.79 bits per heavy atom. The lowest BCUT2D eigenvalue weighted by Gasteiger charge is -2.34. The average Bonchev–Trinajstić information content (AvgIpc) is 3.35. The van der Waals surface area contributed by atoms with Crippen molar-refractivity contribution < 1.29 is 9.84 Å². The number of fused-ring (bicyclic) bond motifs is 1. The van der Waals surface area contributed by atoms with Gasteiger partial charge in [-0.15, -0.1) is 0 Å². The van der Waals surface area contributed by atoms with E-state index in [1.807, 2.05) is 36.4 Å². The number of allylic oxidation sites excluding steroid dienone is 1. The Kier molecular flexibility index (Phi) is 7.41. The maximum absolute atomic E-state index is 9.56. The van der Waals surface area contributed by atoms with Crippen LogP contribution in [-0.4, -0.2) is 68.7 Å². The fourth-order valence-electron chi connectivity index (χ4n) is 4.57. The van der Waals surface area contributed by atoms with Crippen molar-refractivity contribution in [3.63, 3.8) is 0 Å². The summed E-state index contributed by atoms with van der Waals surface area (Å²) in [6, 6.07) is 11.5. The second-order valence-electron chi connectivity index (χ2n) is 8.75. The Labute approximate surface area is 220 Å². The molecule has 4 heterocycles. The van der Waals surface area contributed by atoms with E-state index in [4.69, 9.17) is 25.4 Å². The van der Waals surface area contributed by atoms with Crippen LogP contribution in [0.1, 0.15) is 12.5 Å². The fraction of sp³-hybridized carbons (Fsp3) is 0.250. The lowest BCUT2D eigenvalue weighted by Crippen LogP contribution is -2.45. The Morgan fingerprint density at radius 2 is 2.03 bits per heavy atom. The van der Waals surface area contributed by atoms with Gasteiger partial charge in [0, 0.05) is 55.6 Å². The van der Waals surface area contributed by atoms with Crippen LogP contribution in [0.5, 0.6) is 0 Å². The standard InChI is InChI=1S/C28H30N8O2/c1-3-35-26(19-7-12-31-13-8-19)32-24-27(35)33-25(21-6-4-5-20(17-21)23(29)9-11-30-2)34-28(24)36-14-16-38-18-22(36)10-15-37/h4-13,15,17,22,37H,3,14,16,18,29H2,1-2H3/b15-10+,23-9?,30-11?. The van der Waals surface area contributed by atoms with Gasteiger partial charge in [0.1, 0.15) is 5.82 Å². The Hall–Kier alpha value is -4.57. The number of imidazole rings is 1. The first-order chi connectivity index (χ1) is 18.6. The second-order valence-corrected chi connectivity index (χ2v) is 8.75. The van der Waals surface area contributed by atoms with E-state index in [-0.39, 0.29) is 6.04 Å². The first-order valence-corrected chi connectivity index (χ1v) is 12.5. The number of anilines is 1. The molecule has 1 aliphatic rings. The van der Waals surface area contributed by atoms with Crippen molar-refractivity contribution in [1.29, 1.82) is 0 Å². The number of hydrogen-bond acceptors (Lipinski definition) is 9. The van der Waals surface area contributed by atoms with Crippen molar-refractivity contribution in [2.75, 3.05) is 31.7 Å². The number of aliphatic hydroxyl groups excluding tert-OH is 1. The molecule has 0 saturated carbocycles. The fourth-order valence-corrected chi connectivity index (χ4v) is 4.57. The third kappa shape index (κ3) is 4.85. The summed E-state index contributed by atoms with van der Waals surface area (Å²) in [7, 11) is 1.70. The van der Waals surface area contributed by atoms with E-state index in [1.165, 1.54) is 0 Å². The summed E-state index contributed by atoms with van der Waals surface area (Å²) in [5.41, 5.74) is 10.9. The van der Waals surface area contributed by atoms with Gasteiger partial charge in [-0.05, 0) is 42.8 Å². The number of aryl methyl sites for hydroxylation is 1. The van der Waals surface area contributed by atoms with Crippen molar-refractivity contribution in [3.8, 4) is 22.8 Å². The van der Waals surface area contributed by atoms with Gasteiger partial charge in [0.2, 0.25) is 0 Å². The summed E-state index contributed by atoms with van der Waals surface area (Å²) < 4.78 is 7.79. The molecule has 1 fully saturated rings. The molecule has 0 bridgehead atoms. The van der Waals surface area contributed by atoms with Gasteiger partial charge in [0.05, 0.1) is 25.5 Å². The molecule has 0 radical (unpaired) electrons. The van der Waals surface area contributed by atoms with Crippen LogP contribution >= 0.6 is 0 Å². The van der Waals surface area contributed by atoms with Crippen molar-refractivity contribution in [2.45, 2.75) is 19.5 Å². The predicted octanol–water partition coefficient (Wildman–Crippen LogP) is 3.85. The van der Waals surface area contributed by atoms with Crippen LogP contribution in [0.4, 0.5) is 5.82 Å². The highest BCUT2D eigenvalue weighted by Gasteiger charge is 2.28. The summed E-state index contributed by atoms with van der Waals surface area (Å²) >= 11 is 0. The minimum absolute atomic E-state index is 0.200. The third-order valence-electron chi connectivity index (χ3n) is 6.43. The molecule has 1 saturated heterocycles. The summed E-state index contributed by atoms with van der Waals surface area (Å²) in [6.07, 6.45) is 9.69. The summed E-state index contributed by atoms with van der Waals surface area (Å²) in [5.74, 6) is 2.03. The van der Waals surface area contributed by atoms with Gasteiger partial charge >= 0.3 is 0 Å². The lowest BCUT2D eigenvalue weighted by atomic mass is 10.1. The molecule has 0 amide bonds. The van der Waals surface area contributed by atoms with Crippen molar-refractivity contribution in [1.82, 2.24) is 24.5 Å². The van der Waals surface area contributed by atoms with E-state index >= 15 is 0 Å². The van der Waals surface area contributed by atoms with Crippen LogP contribution in [0.25, 0.3) is 39.6 Å². The first-order valence-electron chi connectivity index (χ1n) is 12.5. The average molecular weight is 511 g/mol. The Morgan fingerprint density at radius 1 is 1.18 bits per heavy atom. The molecular weight excluding hydrogens is 480 g/mol. The van der Waals surface area contributed by atoms with E-state index in [1.54, 1.807) is 37.8 Å². The highest BCUT2D eigenvalue weighted by Crippen LogP contribution is 2.33. The molecule has 10 nitrogen and oxygen atoms in total. The number of aliphatic hydroxyl groups is 1. The summed E-state index contributed by atoms with van der Waals surface area (Å²) in [4.78, 5) is 25.3. The number of benzene rings is 1. The molecular formula is C28H30N8O2. The number of pyridine rings is 1. The molecule has 5 rings (SSSR count). The van der Waals surface area contributed by atoms with Gasteiger partial charge < -0.3 is 25.0 Å². The molecule has 0 aliphatic carbocycles. The SMILES string of the molecule is CCn1c(-c2ccncc2)nc2c(N3CCOCC3/C=C/O)nc(-c3cccc(C(N)=CC=NC)c3)nc21. The minimum Gasteiger partial charge on any atom is -0.516 e. The molecule has 10 heteroatoms. The summed E-state index contributed by atoms with van der Waals surface area (Å²) in [6.45, 7) is 4.30. The number of morpholine rings is 1.